The van der Waals surface area contributed by atoms with Gasteiger partial charge in [-0.1, -0.05) is 0 Å². The zero-order valence-electron chi connectivity index (χ0n) is 9.93. The Balaban J connectivity index is 2.24. The summed E-state index contributed by atoms with van der Waals surface area (Å²) in [5.41, 5.74) is 5.77. The number of ether oxygens (including phenoxy) is 1. The van der Waals surface area contributed by atoms with Crippen LogP contribution in [0.4, 0.5) is 0 Å². The minimum atomic E-state index is 0.0299. The first kappa shape index (κ1) is 11.6. The fourth-order valence-electron chi connectivity index (χ4n) is 2.34. The minimum Gasteiger partial charge on any atom is -0.468 e. The monoisotopic (exact) mass is 224 g/mol. The van der Waals surface area contributed by atoms with Crippen LogP contribution in [0, 0.1) is 0 Å². The molecule has 1 saturated heterocycles. The third-order valence-corrected chi connectivity index (χ3v) is 3.12. The van der Waals surface area contributed by atoms with Gasteiger partial charge in [0.15, 0.2) is 0 Å². The number of nitrogens with two attached hydrogens (primary N) is 1. The summed E-state index contributed by atoms with van der Waals surface area (Å²) < 4.78 is 11.2. The number of morpholine rings is 1. The Morgan fingerprint density at radius 2 is 2.38 bits per heavy atom. The van der Waals surface area contributed by atoms with Crippen molar-refractivity contribution in [3.8, 4) is 0 Å². The van der Waals surface area contributed by atoms with E-state index in [0.717, 1.165) is 18.9 Å². The summed E-state index contributed by atoms with van der Waals surface area (Å²) in [4.78, 5) is 2.39. The van der Waals surface area contributed by atoms with Crippen molar-refractivity contribution in [1.29, 1.82) is 0 Å². The van der Waals surface area contributed by atoms with E-state index in [2.05, 4.69) is 18.7 Å². The summed E-state index contributed by atoms with van der Waals surface area (Å²) in [7, 11) is 0. The highest BCUT2D eigenvalue weighted by atomic mass is 16.5. The quantitative estimate of drug-likeness (QED) is 0.843. The molecule has 2 rings (SSSR count). The molecule has 2 unspecified atom stereocenters. The summed E-state index contributed by atoms with van der Waals surface area (Å²) in [6.07, 6.45) is 1.73. The van der Waals surface area contributed by atoms with Crippen LogP contribution in [0.15, 0.2) is 22.8 Å². The van der Waals surface area contributed by atoms with Gasteiger partial charge in [0.05, 0.1) is 25.0 Å². The number of furan rings is 1. The summed E-state index contributed by atoms with van der Waals surface area (Å²) in [5, 5.41) is 0. The van der Waals surface area contributed by atoms with Crippen LogP contribution in [-0.2, 0) is 4.74 Å². The fourth-order valence-corrected chi connectivity index (χ4v) is 2.34. The normalized spacial score (nSPS) is 27.5. The van der Waals surface area contributed by atoms with Gasteiger partial charge in [-0.15, -0.1) is 0 Å². The third kappa shape index (κ3) is 2.14. The highest BCUT2D eigenvalue weighted by Gasteiger charge is 2.35. The lowest BCUT2D eigenvalue weighted by molar-refractivity contribution is -0.0851. The molecular formula is C12H20N2O2. The second kappa shape index (κ2) is 4.99. The molecule has 4 nitrogen and oxygen atoms in total. The molecule has 90 valence electrons. The molecule has 16 heavy (non-hydrogen) atoms. The molecule has 1 aromatic rings. The molecule has 1 aliphatic rings. The second-order valence-electron chi connectivity index (χ2n) is 4.44. The van der Waals surface area contributed by atoms with Crippen molar-refractivity contribution < 1.29 is 9.15 Å². The Morgan fingerprint density at radius 3 is 2.94 bits per heavy atom. The topological polar surface area (TPSA) is 51.6 Å². The molecule has 1 aliphatic heterocycles. The maximum absolute atomic E-state index is 5.77. The fraction of sp³-hybridized carbons (Fsp3) is 0.667. The van der Waals surface area contributed by atoms with Crippen molar-refractivity contribution >= 4 is 0 Å². The molecular weight excluding hydrogens is 204 g/mol. The molecule has 2 N–H and O–H groups in total. The lowest BCUT2D eigenvalue weighted by Crippen LogP contribution is -2.50. The highest BCUT2D eigenvalue weighted by molar-refractivity contribution is 5.09. The maximum atomic E-state index is 5.77. The van der Waals surface area contributed by atoms with Gasteiger partial charge in [-0.2, -0.15) is 0 Å². The largest absolute Gasteiger partial charge is 0.468 e. The Hall–Kier alpha value is -0.840. The van der Waals surface area contributed by atoms with Crippen molar-refractivity contribution in [2.45, 2.75) is 32.0 Å². The smallest absolute Gasteiger partial charge is 0.123 e. The van der Waals surface area contributed by atoms with E-state index in [9.17, 15) is 0 Å². The number of hydrogen-bond acceptors (Lipinski definition) is 4. The van der Waals surface area contributed by atoms with Gasteiger partial charge in [0.1, 0.15) is 5.76 Å². The summed E-state index contributed by atoms with van der Waals surface area (Å²) in [6.45, 7) is 6.58. The Morgan fingerprint density at radius 1 is 1.56 bits per heavy atom. The van der Waals surface area contributed by atoms with E-state index in [1.807, 2.05) is 12.1 Å². The van der Waals surface area contributed by atoms with Crippen molar-refractivity contribution in [2.24, 2.45) is 5.73 Å². The van der Waals surface area contributed by atoms with Gasteiger partial charge >= 0.3 is 0 Å². The predicted octanol–water partition coefficient (Wildman–Crippen LogP) is 1.39. The molecule has 1 aromatic heterocycles. The molecule has 0 aromatic carbocycles. The molecule has 0 bridgehead atoms. The molecule has 0 saturated carbocycles. The molecule has 0 aliphatic carbocycles. The first-order valence-corrected chi connectivity index (χ1v) is 5.85. The van der Waals surface area contributed by atoms with Crippen molar-refractivity contribution in [3.63, 3.8) is 0 Å². The van der Waals surface area contributed by atoms with E-state index in [0.29, 0.717) is 12.6 Å². The van der Waals surface area contributed by atoms with E-state index < -0.39 is 0 Å². The van der Waals surface area contributed by atoms with E-state index in [4.69, 9.17) is 14.9 Å². The lowest BCUT2D eigenvalue weighted by Gasteiger charge is -2.42. The Kier molecular flexibility index (Phi) is 3.63. The predicted molar refractivity (Wildman–Crippen MR) is 62.1 cm³/mol. The second-order valence-corrected chi connectivity index (χ2v) is 4.44. The van der Waals surface area contributed by atoms with Gasteiger partial charge in [0.25, 0.3) is 0 Å². The maximum Gasteiger partial charge on any atom is 0.123 e. The van der Waals surface area contributed by atoms with Crippen LogP contribution in [0.1, 0.15) is 25.6 Å². The summed E-state index contributed by atoms with van der Waals surface area (Å²) >= 11 is 0. The average molecular weight is 224 g/mol. The van der Waals surface area contributed by atoms with Crippen molar-refractivity contribution in [1.82, 2.24) is 4.90 Å². The van der Waals surface area contributed by atoms with Crippen LogP contribution in [-0.4, -0.2) is 36.7 Å². The average Bonchev–Trinajstić information content (AvgIpc) is 2.81. The van der Waals surface area contributed by atoms with Gasteiger partial charge in [0.2, 0.25) is 0 Å². The lowest BCUT2D eigenvalue weighted by atomic mass is 10.0. The van der Waals surface area contributed by atoms with Gasteiger partial charge in [-0.05, 0) is 26.0 Å². The molecule has 4 heteroatoms. The SMILES string of the molecule is CC(C)N1CCOC(CN)C1c1ccco1. The summed E-state index contributed by atoms with van der Waals surface area (Å²) in [5.74, 6) is 0.948. The third-order valence-electron chi connectivity index (χ3n) is 3.12. The minimum absolute atomic E-state index is 0.0299. The number of hydrogen-bond donors (Lipinski definition) is 1. The zero-order chi connectivity index (χ0) is 11.5. The number of nitrogens with zero attached hydrogens (tertiary/aromatic N) is 1. The van der Waals surface area contributed by atoms with Crippen LogP contribution in [0.2, 0.25) is 0 Å². The first-order chi connectivity index (χ1) is 7.74. The molecule has 0 amide bonds. The van der Waals surface area contributed by atoms with E-state index in [1.165, 1.54) is 0 Å². The molecule has 0 spiro atoms. The van der Waals surface area contributed by atoms with Crippen LogP contribution < -0.4 is 5.73 Å². The van der Waals surface area contributed by atoms with Gasteiger partial charge in [0, 0.05) is 19.1 Å². The zero-order valence-corrected chi connectivity index (χ0v) is 9.93. The van der Waals surface area contributed by atoms with Gasteiger partial charge in [-0.3, -0.25) is 4.90 Å². The molecule has 0 radical (unpaired) electrons. The summed E-state index contributed by atoms with van der Waals surface area (Å²) in [6, 6.07) is 4.52. The van der Waals surface area contributed by atoms with Gasteiger partial charge in [-0.25, -0.2) is 0 Å². The number of rotatable bonds is 3. The van der Waals surface area contributed by atoms with E-state index in [1.54, 1.807) is 6.26 Å². The van der Waals surface area contributed by atoms with Crippen LogP contribution in [0.5, 0.6) is 0 Å². The first-order valence-electron chi connectivity index (χ1n) is 5.85. The molecule has 2 atom stereocenters. The van der Waals surface area contributed by atoms with E-state index in [-0.39, 0.29) is 12.1 Å². The van der Waals surface area contributed by atoms with Crippen LogP contribution in [0.3, 0.4) is 0 Å². The molecule has 2 heterocycles. The Labute approximate surface area is 96.4 Å². The Bertz CT molecular complexity index is 311. The highest BCUT2D eigenvalue weighted by Crippen LogP contribution is 2.30. The standard InChI is InChI=1S/C12H20N2O2/c1-9(2)14-5-7-16-11(8-13)12(14)10-4-3-6-15-10/h3-4,6,9,11-12H,5,7-8,13H2,1-2H3. The molecule has 1 fully saturated rings. The van der Waals surface area contributed by atoms with E-state index >= 15 is 0 Å². The van der Waals surface area contributed by atoms with Crippen LogP contribution >= 0.6 is 0 Å². The van der Waals surface area contributed by atoms with Crippen molar-refractivity contribution in [3.05, 3.63) is 24.2 Å². The van der Waals surface area contributed by atoms with Gasteiger partial charge < -0.3 is 14.9 Å². The van der Waals surface area contributed by atoms with Crippen LogP contribution in [0.25, 0.3) is 0 Å². The van der Waals surface area contributed by atoms with Crippen molar-refractivity contribution in [2.75, 3.05) is 19.7 Å².